The minimum Gasteiger partial charge on any atom is -0.394 e. The molecule has 0 spiro atoms. The predicted octanol–water partition coefficient (Wildman–Crippen LogP) is -0.628. The van der Waals surface area contributed by atoms with E-state index in [0.29, 0.717) is 17.5 Å². The lowest BCUT2D eigenvalue weighted by Gasteiger charge is -2.29. The molecule has 1 fully saturated rings. The second-order valence-corrected chi connectivity index (χ2v) is 20.7. The number of para-hydroxylation sites is 1. The third-order valence-electron chi connectivity index (χ3n) is 12.2. The van der Waals surface area contributed by atoms with Gasteiger partial charge in [-0.3, -0.25) is 38.4 Å². The normalized spacial score (nSPS) is 22.3. The summed E-state index contributed by atoms with van der Waals surface area (Å²) >= 11 is 0. The molecule has 0 bridgehead atoms. The van der Waals surface area contributed by atoms with Crippen LogP contribution in [0.2, 0.25) is 0 Å². The minimum absolute atomic E-state index is 0.0331. The predicted molar refractivity (Wildman–Crippen MR) is 282 cm³/mol. The maximum absolute atomic E-state index is 14.8. The molecular formula is C51H68N10O11S2. The number of benzene rings is 3. The van der Waals surface area contributed by atoms with Gasteiger partial charge in [0, 0.05) is 54.9 Å². The van der Waals surface area contributed by atoms with Crippen molar-refractivity contribution >= 4 is 79.7 Å². The van der Waals surface area contributed by atoms with E-state index in [-0.39, 0.29) is 56.1 Å². The van der Waals surface area contributed by atoms with Gasteiger partial charge >= 0.3 is 0 Å². The molecule has 5 rings (SSSR count). The number of aliphatic hydroxyl groups is 3. The van der Waals surface area contributed by atoms with E-state index in [1.54, 1.807) is 60.8 Å². The number of hydrogen-bond donors (Lipinski definition) is 13. The number of carbonyl (C=O) groups excluding carboxylic acids is 8. The van der Waals surface area contributed by atoms with E-state index in [1.807, 2.05) is 30.3 Å². The van der Waals surface area contributed by atoms with Crippen LogP contribution in [0, 0.1) is 0 Å². The summed E-state index contributed by atoms with van der Waals surface area (Å²) in [5, 5.41) is 53.2. The number of carbonyl (C=O) groups is 8. The molecular weight excluding hydrogens is 993 g/mol. The number of nitrogens with one attached hydrogen (secondary N) is 9. The molecule has 0 radical (unpaired) electrons. The number of aromatic nitrogens is 1. The van der Waals surface area contributed by atoms with Crippen molar-refractivity contribution in [3.05, 3.63) is 108 Å². The Balaban J connectivity index is 1.57. The third-order valence-corrected chi connectivity index (χ3v) is 14.6. The topological polar surface area (TPSA) is 335 Å². The van der Waals surface area contributed by atoms with Crippen molar-refractivity contribution < 1.29 is 53.7 Å². The number of fused-ring (bicyclic) bond motifs is 1. The third kappa shape index (κ3) is 18.2. The van der Waals surface area contributed by atoms with Gasteiger partial charge in [0.25, 0.3) is 0 Å². The largest absolute Gasteiger partial charge is 0.394 e. The van der Waals surface area contributed by atoms with Crippen LogP contribution in [-0.2, 0) is 57.6 Å². The van der Waals surface area contributed by atoms with Crippen molar-refractivity contribution in [2.45, 2.75) is 120 Å². The Kier molecular flexibility index (Phi) is 23.2. The summed E-state index contributed by atoms with van der Waals surface area (Å²) in [5.41, 5.74) is 9.16. The molecule has 3 unspecified atom stereocenters. The Morgan fingerprint density at radius 2 is 1.31 bits per heavy atom. The highest BCUT2D eigenvalue weighted by Gasteiger charge is 2.36. The zero-order chi connectivity index (χ0) is 53.7. The van der Waals surface area contributed by atoms with E-state index in [9.17, 15) is 53.7 Å². The SMILES string of the molecule is CC(=O)NCCCCC1NC(=O)C(Cc2c[nH]c3ccccc23)NC(=O)[C@H](Cc2ccccc2)NC(=O)C(NC(=O)[C@H](N)Cc2ccccc2)CSSC[C@@H](C(=O)N[C@H](CO)[C@@H](C)O)NC(=O)[C@H]([C@@H](C)O)NC1=O. The van der Waals surface area contributed by atoms with Crippen LogP contribution in [0.15, 0.2) is 91.1 Å². The molecule has 23 heteroatoms. The van der Waals surface area contributed by atoms with Crippen LogP contribution in [0.25, 0.3) is 10.9 Å². The molecule has 4 aromatic rings. The van der Waals surface area contributed by atoms with E-state index in [0.717, 1.165) is 38.1 Å². The second kappa shape index (κ2) is 29.4. The van der Waals surface area contributed by atoms with Gasteiger partial charge in [-0.05, 0) is 62.3 Å². The summed E-state index contributed by atoms with van der Waals surface area (Å²) < 4.78 is 0. The molecule has 74 heavy (non-hydrogen) atoms. The second-order valence-electron chi connectivity index (χ2n) is 18.2. The zero-order valence-corrected chi connectivity index (χ0v) is 43.1. The molecule has 0 aliphatic carbocycles. The highest BCUT2D eigenvalue weighted by Crippen LogP contribution is 2.24. The summed E-state index contributed by atoms with van der Waals surface area (Å²) in [6, 6.07) is 14.3. The fourth-order valence-electron chi connectivity index (χ4n) is 7.97. The first kappa shape index (κ1) is 58.4. The molecule has 2 heterocycles. The maximum Gasteiger partial charge on any atom is 0.245 e. The van der Waals surface area contributed by atoms with Gasteiger partial charge in [0.15, 0.2) is 0 Å². The first-order valence-electron chi connectivity index (χ1n) is 24.4. The smallest absolute Gasteiger partial charge is 0.245 e. The first-order chi connectivity index (χ1) is 35.4. The number of unbranched alkanes of at least 4 members (excludes halogenated alkanes) is 1. The number of rotatable bonds is 18. The summed E-state index contributed by atoms with van der Waals surface area (Å²) in [6.45, 7) is 3.52. The maximum atomic E-state index is 14.8. The molecule has 10 atom stereocenters. The van der Waals surface area contributed by atoms with E-state index in [1.165, 1.54) is 20.8 Å². The summed E-state index contributed by atoms with van der Waals surface area (Å²) in [5.74, 6) is -6.47. The molecule has 8 amide bonds. The number of aliphatic hydroxyl groups excluding tert-OH is 3. The van der Waals surface area contributed by atoms with Crippen LogP contribution in [0.5, 0.6) is 0 Å². The molecule has 0 saturated carbocycles. The summed E-state index contributed by atoms with van der Waals surface area (Å²) in [7, 11) is 2.04. The van der Waals surface area contributed by atoms with Crippen LogP contribution in [0.1, 0.15) is 56.7 Å². The van der Waals surface area contributed by atoms with Crippen LogP contribution < -0.4 is 48.3 Å². The van der Waals surface area contributed by atoms with E-state index in [4.69, 9.17) is 5.73 Å². The number of H-pyrrole nitrogens is 1. The van der Waals surface area contributed by atoms with Gasteiger partial charge in [-0.15, -0.1) is 0 Å². The molecule has 400 valence electrons. The monoisotopic (exact) mass is 1060 g/mol. The van der Waals surface area contributed by atoms with Gasteiger partial charge in [0.1, 0.15) is 36.3 Å². The standard InChI is InChI=1S/C51H68N10O11S2/c1-29(63)41(26-62)58-50(71)43-28-74-73-27-42(59-45(66)36(52)22-32-14-6-4-7-15-32)49(70)56-39(23-33-16-8-5-9-17-33)47(68)57-40(24-34-25-54-37-19-11-10-18-35(34)37)48(69)55-38(20-12-13-21-53-31(3)65)46(67)61-44(30(2)64)51(72)60-43/h4-11,14-19,25,29-30,36,38-44,54,62-64H,12-13,20-24,26-28,52H2,1-3H3,(H,53,65)(H,55,69)(H,56,70)(H,57,68)(H,58,71)(H,59,66)(H,60,72)(H,61,67)/t29-,30-,36-,38?,39+,40?,41-,42?,43+,44+/m1/s1. The highest BCUT2D eigenvalue weighted by atomic mass is 33.1. The fourth-order valence-corrected chi connectivity index (χ4v) is 10.3. The van der Waals surface area contributed by atoms with Crippen LogP contribution in [-0.4, -0.2) is 153 Å². The average Bonchev–Trinajstić information content (AvgIpc) is 3.78. The van der Waals surface area contributed by atoms with E-state index in [2.05, 4.69) is 47.5 Å². The molecule has 3 aromatic carbocycles. The Labute approximate surface area is 437 Å². The molecule has 1 aromatic heterocycles. The minimum atomic E-state index is -1.70. The Morgan fingerprint density at radius 3 is 1.96 bits per heavy atom. The molecule has 21 nitrogen and oxygen atoms in total. The van der Waals surface area contributed by atoms with E-state index >= 15 is 0 Å². The number of hydrogen-bond acceptors (Lipinski definition) is 14. The highest BCUT2D eigenvalue weighted by molar-refractivity contribution is 8.76. The molecule has 1 aliphatic heterocycles. The quantitative estimate of drug-likeness (QED) is 0.0436. The zero-order valence-electron chi connectivity index (χ0n) is 41.5. The fraction of sp³-hybridized carbons (Fsp3) is 0.451. The molecule has 1 aliphatic rings. The summed E-state index contributed by atoms with van der Waals surface area (Å²) in [6.07, 6.45) is -0.503. The van der Waals surface area contributed by atoms with Gasteiger partial charge in [-0.2, -0.15) is 0 Å². The number of amides is 8. The van der Waals surface area contributed by atoms with E-state index < -0.39 is 108 Å². The van der Waals surface area contributed by atoms with Gasteiger partial charge in [0.2, 0.25) is 47.3 Å². The van der Waals surface area contributed by atoms with Gasteiger partial charge in [-0.1, -0.05) is 100 Å². The van der Waals surface area contributed by atoms with Gasteiger partial charge < -0.3 is 68.6 Å². The lowest BCUT2D eigenvalue weighted by molar-refractivity contribution is -0.136. The molecule has 1 saturated heterocycles. The summed E-state index contributed by atoms with van der Waals surface area (Å²) in [4.78, 5) is 115. The number of nitrogens with two attached hydrogens (primary N) is 1. The lowest BCUT2D eigenvalue weighted by Crippen LogP contribution is -2.62. The Hall–Kier alpha value is -6.50. The van der Waals surface area contributed by atoms with Crippen LogP contribution in [0.4, 0.5) is 0 Å². The Morgan fingerprint density at radius 1 is 0.716 bits per heavy atom. The van der Waals surface area contributed by atoms with Crippen molar-refractivity contribution in [3.8, 4) is 0 Å². The number of aromatic amines is 1. The Bertz CT molecular complexity index is 2520. The van der Waals surface area contributed by atoms with Crippen LogP contribution in [0.3, 0.4) is 0 Å². The van der Waals surface area contributed by atoms with Crippen molar-refractivity contribution in [1.29, 1.82) is 0 Å². The first-order valence-corrected chi connectivity index (χ1v) is 26.9. The van der Waals surface area contributed by atoms with Crippen LogP contribution >= 0.6 is 21.6 Å². The van der Waals surface area contributed by atoms with Crippen molar-refractivity contribution in [1.82, 2.24) is 47.5 Å². The molecule has 14 N–H and O–H groups in total. The van der Waals surface area contributed by atoms with Crippen molar-refractivity contribution in [2.75, 3.05) is 24.7 Å². The van der Waals surface area contributed by atoms with Crippen molar-refractivity contribution in [2.24, 2.45) is 5.73 Å². The average molecular weight is 1060 g/mol. The van der Waals surface area contributed by atoms with Gasteiger partial charge in [-0.25, -0.2) is 0 Å². The van der Waals surface area contributed by atoms with Crippen molar-refractivity contribution in [3.63, 3.8) is 0 Å². The lowest BCUT2D eigenvalue weighted by atomic mass is 10.0. The van der Waals surface area contributed by atoms with Gasteiger partial charge in [0.05, 0.1) is 30.9 Å².